The Hall–Kier alpha value is -1.35. The minimum atomic E-state index is -0.376. The lowest BCUT2D eigenvalue weighted by molar-refractivity contribution is -0.136. The molecule has 1 aliphatic carbocycles. The first-order valence-electron chi connectivity index (χ1n) is 7.64. The van der Waals surface area contributed by atoms with Crippen LogP contribution in [-0.4, -0.2) is 35.6 Å². The lowest BCUT2D eigenvalue weighted by Crippen LogP contribution is -2.46. The minimum Gasteiger partial charge on any atom is -0.396 e. The van der Waals surface area contributed by atoms with Gasteiger partial charge in [-0.25, -0.2) is 0 Å². The molecule has 0 bridgehead atoms. The summed E-state index contributed by atoms with van der Waals surface area (Å²) in [7, 11) is 0. The Labute approximate surface area is 120 Å². The maximum atomic E-state index is 13.0. The quantitative estimate of drug-likeness (QED) is 0.896. The molecule has 1 aromatic carbocycles. The lowest BCUT2D eigenvalue weighted by Gasteiger charge is -2.37. The number of fused-ring (bicyclic) bond motifs is 1. The second-order valence-corrected chi connectivity index (χ2v) is 6.43. The van der Waals surface area contributed by atoms with Crippen molar-refractivity contribution in [1.82, 2.24) is 4.90 Å². The number of aryl methyl sites for hydroxylation is 1. The Morgan fingerprint density at radius 3 is 3.00 bits per heavy atom. The number of rotatable bonds is 2. The Morgan fingerprint density at radius 2 is 2.25 bits per heavy atom. The van der Waals surface area contributed by atoms with Crippen LogP contribution in [0.1, 0.15) is 37.3 Å². The van der Waals surface area contributed by atoms with Crippen molar-refractivity contribution < 1.29 is 9.90 Å². The molecular formula is C17H23NO2. The smallest absolute Gasteiger partial charge is 0.232 e. The van der Waals surface area contributed by atoms with Crippen molar-refractivity contribution in [3.05, 3.63) is 35.4 Å². The second-order valence-electron chi connectivity index (χ2n) is 6.43. The van der Waals surface area contributed by atoms with E-state index >= 15 is 0 Å². The summed E-state index contributed by atoms with van der Waals surface area (Å²) in [5.74, 6) is 0.516. The number of carbonyl (C=O) groups excluding carboxylic acids is 1. The van der Waals surface area contributed by atoms with Crippen molar-refractivity contribution >= 4 is 5.91 Å². The van der Waals surface area contributed by atoms with Gasteiger partial charge in [-0.3, -0.25) is 4.79 Å². The third-order valence-electron chi connectivity index (χ3n) is 5.04. The van der Waals surface area contributed by atoms with Gasteiger partial charge in [0.15, 0.2) is 0 Å². The zero-order valence-corrected chi connectivity index (χ0v) is 12.1. The molecule has 1 saturated heterocycles. The van der Waals surface area contributed by atoms with Crippen LogP contribution in [0.15, 0.2) is 24.3 Å². The number of carbonyl (C=O) groups is 1. The summed E-state index contributed by atoms with van der Waals surface area (Å²) in [5, 5.41) is 9.26. The van der Waals surface area contributed by atoms with E-state index in [2.05, 4.69) is 25.1 Å². The number of benzene rings is 1. The predicted molar refractivity (Wildman–Crippen MR) is 78.5 cm³/mol. The van der Waals surface area contributed by atoms with Crippen molar-refractivity contribution in [3.63, 3.8) is 0 Å². The van der Waals surface area contributed by atoms with E-state index in [9.17, 15) is 9.90 Å². The van der Waals surface area contributed by atoms with Crippen LogP contribution in [0.5, 0.6) is 0 Å². The maximum Gasteiger partial charge on any atom is 0.232 e. The number of likely N-dealkylation sites (tertiary alicyclic amines) is 1. The SMILES string of the molecule is CC1(C(=O)N2CCC(CO)C2)CCCc2ccccc21. The van der Waals surface area contributed by atoms with Gasteiger partial charge in [0, 0.05) is 25.6 Å². The topological polar surface area (TPSA) is 40.5 Å². The minimum absolute atomic E-state index is 0.192. The summed E-state index contributed by atoms with van der Waals surface area (Å²) < 4.78 is 0. The number of amides is 1. The average molecular weight is 273 g/mol. The van der Waals surface area contributed by atoms with E-state index < -0.39 is 0 Å². The van der Waals surface area contributed by atoms with Gasteiger partial charge in [0.25, 0.3) is 0 Å². The van der Waals surface area contributed by atoms with Crippen molar-refractivity contribution in [2.75, 3.05) is 19.7 Å². The standard InChI is InChI=1S/C17H23NO2/c1-17(16(20)18-10-8-13(11-18)12-19)9-4-6-14-5-2-3-7-15(14)17/h2-3,5,7,13,19H,4,6,8-12H2,1H3. The number of aliphatic hydroxyl groups is 1. The second kappa shape index (κ2) is 5.21. The van der Waals surface area contributed by atoms with Crippen LogP contribution in [-0.2, 0) is 16.6 Å². The zero-order chi connectivity index (χ0) is 14.2. The van der Waals surface area contributed by atoms with Gasteiger partial charge < -0.3 is 10.0 Å². The molecule has 1 N–H and O–H groups in total. The molecule has 3 heteroatoms. The highest BCUT2D eigenvalue weighted by Crippen LogP contribution is 2.39. The first-order valence-corrected chi connectivity index (χ1v) is 7.64. The molecule has 0 radical (unpaired) electrons. The monoisotopic (exact) mass is 273 g/mol. The molecule has 3 nitrogen and oxygen atoms in total. The van der Waals surface area contributed by atoms with Crippen molar-refractivity contribution in [2.24, 2.45) is 5.92 Å². The van der Waals surface area contributed by atoms with E-state index in [0.29, 0.717) is 6.54 Å². The Balaban J connectivity index is 1.88. The molecule has 3 rings (SSSR count). The molecule has 1 amide bonds. The van der Waals surface area contributed by atoms with E-state index in [1.54, 1.807) is 0 Å². The van der Waals surface area contributed by atoms with Gasteiger partial charge in [0.2, 0.25) is 5.91 Å². The Bertz CT molecular complexity index is 513. The molecule has 0 saturated carbocycles. The third kappa shape index (κ3) is 2.14. The maximum absolute atomic E-state index is 13.0. The predicted octanol–water partition coefficient (Wildman–Crippen LogP) is 2.12. The fourth-order valence-corrected chi connectivity index (χ4v) is 3.78. The molecule has 1 aromatic rings. The van der Waals surface area contributed by atoms with Crippen LogP contribution in [0.3, 0.4) is 0 Å². The highest BCUT2D eigenvalue weighted by molar-refractivity contribution is 5.88. The van der Waals surface area contributed by atoms with Crippen molar-refractivity contribution in [3.8, 4) is 0 Å². The van der Waals surface area contributed by atoms with Gasteiger partial charge in [0.05, 0.1) is 5.41 Å². The summed E-state index contributed by atoms with van der Waals surface area (Å²) >= 11 is 0. The first kappa shape index (κ1) is 13.6. The summed E-state index contributed by atoms with van der Waals surface area (Å²) in [4.78, 5) is 15.0. The molecule has 20 heavy (non-hydrogen) atoms. The van der Waals surface area contributed by atoms with Crippen LogP contribution < -0.4 is 0 Å². The van der Waals surface area contributed by atoms with Crippen LogP contribution in [0, 0.1) is 5.92 Å². The zero-order valence-electron chi connectivity index (χ0n) is 12.1. The number of nitrogens with zero attached hydrogens (tertiary/aromatic N) is 1. The first-order chi connectivity index (χ1) is 9.65. The molecule has 1 aliphatic heterocycles. The largest absolute Gasteiger partial charge is 0.396 e. The molecule has 0 aromatic heterocycles. The van der Waals surface area contributed by atoms with E-state index in [4.69, 9.17) is 0 Å². The summed E-state index contributed by atoms with van der Waals surface area (Å²) in [6.45, 7) is 3.80. The molecule has 108 valence electrons. The number of aliphatic hydroxyl groups excluding tert-OH is 1. The number of hydrogen-bond acceptors (Lipinski definition) is 2. The van der Waals surface area contributed by atoms with Gasteiger partial charge in [-0.15, -0.1) is 0 Å². The normalized spacial score (nSPS) is 29.3. The molecule has 2 aliphatic rings. The molecular weight excluding hydrogens is 250 g/mol. The lowest BCUT2D eigenvalue weighted by atomic mass is 9.70. The molecule has 1 fully saturated rings. The third-order valence-corrected chi connectivity index (χ3v) is 5.04. The molecule has 2 atom stereocenters. The highest BCUT2D eigenvalue weighted by Gasteiger charge is 2.42. The van der Waals surface area contributed by atoms with Crippen LogP contribution in [0.4, 0.5) is 0 Å². The Kier molecular flexibility index (Phi) is 3.55. The van der Waals surface area contributed by atoms with E-state index in [1.807, 2.05) is 11.0 Å². The van der Waals surface area contributed by atoms with Crippen LogP contribution >= 0.6 is 0 Å². The number of hydrogen-bond donors (Lipinski definition) is 1. The average Bonchev–Trinajstić information content (AvgIpc) is 2.96. The van der Waals surface area contributed by atoms with Crippen LogP contribution in [0.25, 0.3) is 0 Å². The Morgan fingerprint density at radius 1 is 1.45 bits per heavy atom. The molecule has 1 heterocycles. The van der Waals surface area contributed by atoms with Gasteiger partial charge in [-0.2, -0.15) is 0 Å². The summed E-state index contributed by atoms with van der Waals surface area (Å²) in [6.07, 6.45) is 4.03. The van der Waals surface area contributed by atoms with E-state index in [0.717, 1.165) is 32.2 Å². The van der Waals surface area contributed by atoms with Gasteiger partial charge in [-0.1, -0.05) is 24.3 Å². The summed E-state index contributed by atoms with van der Waals surface area (Å²) in [6, 6.07) is 8.37. The van der Waals surface area contributed by atoms with Gasteiger partial charge in [0.1, 0.15) is 0 Å². The van der Waals surface area contributed by atoms with Crippen LogP contribution in [0.2, 0.25) is 0 Å². The molecule has 0 spiro atoms. The summed E-state index contributed by atoms with van der Waals surface area (Å²) in [5.41, 5.74) is 2.16. The molecule has 2 unspecified atom stereocenters. The van der Waals surface area contributed by atoms with E-state index in [-0.39, 0.29) is 23.8 Å². The highest BCUT2D eigenvalue weighted by atomic mass is 16.3. The van der Waals surface area contributed by atoms with E-state index in [1.165, 1.54) is 11.1 Å². The fourth-order valence-electron chi connectivity index (χ4n) is 3.78. The van der Waals surface area contributed by atoms with Crippen molar-refractivity contribution in [1.29, 1.82) is 0 Å². The van der Waals surface area contributed by atoms with Gasteiger partial charge in [-0.05, 0) is 43.7 Å². The van der Waals surface area contributed by atoms with Gasteiger partial charge >= 0.3 is 0 Å². The van der Waals surface area contributed by atoms with Crippen molar-refractivity contribution in [2.45, 2.75) is 38.0 Å². The fraction of sp³-hybridized carbons (Fsp3) is 0.588.